The molecule has 0 aliphatic carbocycles. The van der Waals surface area contributed by atoms with Crippen LogP contribution in [0.2, 0.25) is 0 Å². The fourth-order valence-corrected chi connectivity index (χ4v) is 4.42. The van der Waals surface area contributed by atoms with Crippen LogP contribution in [0.5, 0.6) is 17.2 Å². The van der Waals surface area contributed by atoms with E-state index >= 15 is 0 Å². The van der Waals surface area contributed by atoms with Gasteiger partial charge in [-0.3, -0.25) is 9.59 Å². The Labute approximate surface area is 207 Å². The number of nitrogens with zero attached hydrogens (tertiary/aromatic N) is 1. The van der Waals surface area contributed by atoms with Gasteiger partial charge in [0.2, 0.25) is 0 Å². The molecule has 1 amide bonds. The van der Waals surface area contributed by atoms with Crippen LogP contribution < -0.4 is 14.2 Å². The number of hydrogen-bond acceptors (Lipinski definition) is 6. The van der Waals surface area contributed by atoms with E-state index in [1.807, 2.05) is 19.9 Å². The number of Topliss-reactive ketones (excluding diaryl/α,β-unsaturated/α-hetero) is 1. The third-order valence-corrected chi connectivity index (χ3v) is 6.09. The molecule has 7 nitrogen and oxygen atoms in total. The summed E-state index contributed by atoms with van der Waals surface area (Å²) in [6.07, 6.45) is 0.661. The normalized spacial score (nSPS) is 17.6. The lowest BCUT2D eigenvalue weighted by molar-refractivity contribution is -0.139. The van der Waals surface area contributed by atoms with Crippen LogP contribution in [0.3, 0.4) is 0 Å². The van der Waals surface area contributed by atoms with Crippen LogP contribution in [0.1, 0.15) is 63.8 Å². The van der Waals surface area contributed by atoms with Crippen molar-refractivity contribution >= 4 is 17.4 Å². The van der Waals surface area contributed by atoms with Crippen molar-refractivity contribution in [2.24, 2.45) is 0 Å². The Hall–Kier alpha value is -3.48. The minimum absolute atomic E-state index is 0.0553. The van der Waals surface area contributed by atoms with Crippen LogP contribution in [0.4, 0.5) is 0 Å². The SMILES string of the molecule is CCCN1C(=O)C(=O)/C(=C(/O)c2ccc(OCC)c(C(C)(C)C)c2)C1c1ccc(OC)c(OC)c1. The first-order valence-corrected chi connectivity index (χ1v) is 11.9. The molecule has 3 rings (SSSR count). The molecule has 2 aromatic rings. The van der Waals surface area contributed by atoms with Gasteiger partial charge in [-0.25, -0.2) is 0 Å². The number of methoxy groups -OCH3 is 2. The van der Waals surface area contributed by atoms with E-state index in [0.29, 0.717) is 42.2 Å². The van der Waals surface area contributed by atoms with Gasteiger partial charge in [-0.2, -0.15) is 0 Å². The molecule has 0 saturated carbocycles. The number of likely N-dealkylation sites (tertiary alicyclic amines) is 1. The molecular formula is C28H35NO6. The Morgan fingerprint density at radius 1 is 0.971 bits per heavy atom. The molecule has 1 saturated heterocycles. The predicted octanol–water partition coefficient (Wildman–Crippen LogP) is 5.23. The summed E-state index contributed by atoms with van der Waals surface area (Å²) in [4.78, 5) is 27.8. The zero-order chi connectivity index (χ0) is 25.9. The van der Waals surface area contributed by atoms with Gasteiger partial charge < -0.3 is 24.2 Å². The van der Waals surface area contributed by atoms with Crippen LogP contribution in [0, 0.1) is 0 Å². The Morgan fingerprint density at radius 2 is 1.63 bits per heavy atom. The van der Waals surface area contributed by atoms with Gasteiger partial charge in [0.25, 0.3) is 11.7 Å². The summed E-state index contributed by atoms with van der Waals surface area (Å²) >= 11 is 0. The molecule has 0 aromatic heterocycles. The Kier molecular flexibility index (Phi) is 7.78. The predicted molar refractivity (Wildman–Crippen MR) is 135 cm³/mol. The smallest absolute Gasteiger partial charge is 0.295 e. The van der Waals surface area contributed by atoms with Gasteiger partial charge in [0.15, 0.2) is 11.5 Å². The highest BCUT2D eigenvalue weighted by Gasteiger charge is 2.46. The van der Waals surface area contributed by atoms with Crippen molar-refractivity contribution in [1.82, 2.24) is 4.90 Å². The highest BCUT2D eigenvalue weighted by Crippen LogP contribution is 2.43. The summed E-state index contributed by atoms with van der Waals surface area (Å²) in [7, 11) is 3.07. The van der Waals surface area contributed by atoms with Gasteiger partial charge >= 0.3 is 0 Å². The van der Waals surface area contributed by atoms with E-state index in [-0.39, 0.29) is 16.7 Å². The summed E-state index contributed by atoms with van der Waals surface area (Å²) in [5.74, 6) is 0.181. The quantitative estimate of drug-likeness (QED) is 0.316. The van der Waals surface area contributed by atoms with E-state index in [0.717, 1.165) is 11.3 Å². The highest BCUT2D eigenvalue weighted by atomic mass is 16.5. The third kappa shape index (κ3) is 4.99. The molecule has 1 fully saturated rings. The second-order valence-electron chi connectivity index (χ2n) is 9.50. The van der Waals surface area contributed by atoms with Crippen molar-refractivity contribution in [3.05, 3.63) is 58.7 Å². The van der Waals surface area contributed by atoms with Gasteiger partial charge in [-0.15, -0.1) is 0 Å². The fraction of sp³-hybridized carbons (Fsp3) is 0.429. The molecule has 1 aliphatic heterocycles. The number of benzene rings is 2. The number of ketones is 1. The molecule has 1 atom stereocenters. The van der Waals surface area contributed by atoms with Gasteiger partial charge in [0.05, 0.1) is 32.4 Å². The molecule has 188 valence electrons. The Balaban J connectivity index is 2.24. The van der Waals surface area contributed by atoms with Gasteiger partial charge in [0.1, 0.15) is 11.5 Å². The standard InChI is InChI=1S/C28H35NO6/c1-8-14-29-24(17-10-13-21(33-6)22(16-17)34-7)23(26(31)27(29)32)25(30)18-11-12-20(35-9-2)19(15-18)28(3,4)5/h10-13,15-16,24,30H,8-9,14H2,1-7H3/b25-23+. The molecule has 1 aliphatic rings. The zero-order valence-electron chi connectivity index (χ0n) is 21.6. The van der Waals surface area contributed by atoms with E-state index < -0.39 is 17.7 Å². The van der Waals surface area contributed by atoms with Crippen molar-refractivity contribution in [2.45, 2.75) is 52.5 Å². The summed E-state index contributed by atoms with van der Waals surface area (Å²) in [5.41, 5.74) is 1.79. The fourth-order valence-electron chi connectivity index (χ4n) is 4.42. The molecule has 2 aromatic carbocycles. The van der Waals surface area contributed by atoms with E-state index in [1.54, 1.807) is 37.4 Å². The number of carbonyl (C=O) groups excluding carboxylic acids is 2. The van der Waals surface area contributed by atoms with Crippen LogP contribution in [0.25, 0.3) is 5.76 Å². The molecule has 1 N–H and O–H groups in total. The second-order valence-corrected chi connectivity index (χ2v) is 9.50. The molecular weight excluding hydrogens is 446 g/mol. The number of amides is 1. The van der Waals surface area contributed by atoms with Crippen LogP contribution in [-0.4, -0.2) is 49.1 Å². The lowest BCUT2D eigenvalue weighted by Crippen LogP contribution is -2.30. The van der Waals surface area contributed by atoms with Crippen molar-refractivity contribution in [3.63, 3.8) is 0 Å². The first-order chi connectivity index (χ1) is 16.6. The van der Waals surface area contributed by atoms with Gasteiger partial charge in [0, 0.05) is 17.7 Å². The van der Waals surface area contributed by atoms with E-state index in [1.165, 1.54) is 12.0 Å². The maximum atomic E-state index is 13.2. The monoisotopic (exact) mass is 481 g/mol. The molecule has 1 unspecified atom stereocenters. The van der Waals surface area contributed by atoms with Gasteiger partial charge in [-0.05, 0) is 54.7 Å². The number of hydrogen-bond donors (Lipinski definition) is 1. The molecule has 0 spiro atoms. The average Bonchev–Trinajstić information content (AvgIpc) is 3.08. The molecule has 1 heterocycles. The first kappa shape index (κ1) is 26.1. The molecule has 35 heavy (non-hydrogen) atoms. The molecule has 7 heteroatoms. The summed E-state index contributed by atoms with van der Waals surface area (Å²) < 4.78 is 16.6. The maximum absolute atomic E-state index is 13.2. The lowest BCUT2D eigenvalue weighted by Gasteiger charge is -2.26. The minimum Gasteiger partial charge on any atom is -0.507 e. The average molecular weight is 482 g/mol. The number of aliphatic hydroxyl groups is 1. The van der Waals surface area contributed by atoms with E-state index in [9.17, 15) is 14.7 Å². The number of carbonyl (C=O) groups is 2. The zero-order valence-corrected chi connectivity index (χ0v) is 21.6. The maximum Gasteiger partial charge on any atom is 0.295 e. The summed E-state index contributed by atoms with van der Waals surface area (Å²) in [5, 5.41) is 11.4. The van der Waals surface area contributed by atoms with Crippen LogP contribution in [-0.2, 0) is 15.0 Å². The Morgan fingerprint density at radius 3 is 2.20 bits per heavy atom. The van der Waals surface area contributed by atoms with Gasteiger partial charge in [-0.1, -0.05) is 33.8 Å². The number of rotatable bonds is 8. The van der Waals surface area contributed by atoms with Crippen molar-refractivity contribution in [2.75, 3.05) is 27.4 Å². The highest BCUT2D eigenvalue weighted by molar-refractivity contribution is 6.46. The topological polar surface area (TPSA) is 85.3 Å². The Bertz CT molecular complexity index is 1140. The minimum atomic E-state index is -0.751. The lowest BCUT2D eigenvalue weighted by atomic mass is 9.84. The summed E-state index contributed by atoms with van der Waals surface area (Å²) in [6.45, 7) is 10.9. The van der Waals surface area contributed by atoms with Crippen LogP contribution in [0.15, 0.2) is 42.0 Å². The first-order valence-electron chi connectivity index (χ1n) is 11.9. The van der Waals surface area contributed by atoms with Crippen molar-refractivity contribution < 1.29 is 28.9 Å². The van der Waals surface area contributed by atoms with E-state index in [4.69, 9.17) is 14.2 Å². The van der Waals surface area contributed by atoms with Crippen LogP contribution >= 0.6 is 0 Å². The third-order valence-electron chi connectivity index (χ3n) is 6.09. The largest absolute Gasteiger partial charge is 0.507 e. The van der Waals surface area contributed by atoms with Crippen molar-refractivity contribution in [3.8, 4) is 17.2 Å². The number of aliphatic hydroxyl groups excluding tert-OH is 1. The van der Waals surface area contributed by atoms with E-state index in [2.05, 4.69) is 20.8 Å². The van der Waals surface area contributed by atoms with Crippen molar-refractivity contribution in [1.29, 1.82) is 0 Å². The molecule has 0 radical (unpaired) electrons. The number of ether oxygens (including phenoxy) is 3. The molecule has 0 bridgehead atoms. The summed E-state index contributed by atoms with van der Waals surface area (Å²) in [6, 6.07) is 9.85. The second kappa shape index (κ2) is 10.4.